The fourth-order valence-electron chi connectivity index (χ4n) is 2.88. The number of carbonyl (C=O) groups is 1. The number of rotatable bonds is 4. The average Bonchev–Trinajstić information content (AvgIpc) is 3.23. The van der Waals surface area contributed by atoms with Gasteiger partial charge in [-0.2, -0.15) is 0 Å². The lowest BCUT2D eigenvalue weighted by Crippen LogP contribution is -2.38. The van der Waals surface area contributed by atoms with Crippen LogP contribution in [0.5, 0.6) is 0 Å². The number of hydrogen-bond donors (Lipinski definition) is 3. The monoisotopic (exact) mass is 334 g/mol. The molecule has 0 fully saturated rings. The number of carbonyl (C=O) groups excluding carboxylic acids is 1. The zero-order chi connectivity index (χ0) is 17.4. The molecule has 4 aromatic rings. The Labute approximate surface area is 144 Å². The van der Waals surface area contributed by atoms with E-state index in [0.717, 1.165) is 16.3 Å². The van der Waals surface area contributed by atoms with E-state index >= 15 is 0 Å². The van der Waals surface area contributed by atoms with Crippen LogP contribution in [0.3, 0.4) is 0 Å². The standard InChI is InChI=1S/C20H18N2O3/c1-20(24,18-11-14-7-3-5-9-17(14)25-18)12-21-19(23)16-10-13-6-2-4-8-15(13)22-16/h2-11,22,24H,12H2,1H3,(H,21,23). The van der Waals surface area contributed by atoms with Crippen LogP contribution in [-0.2, 0) is 5.60 Å². The molecular formula is C20H18N2O3. The predicted octanol–water partition coefficient (Wildman–Crippen LogP) is 3.55. The Morgan fingerprint density at radius 2 is 1.84 bits per heavy atom. The first kappa shape index (κ1) is 15.5. The molecule has 0 aliphatic rings. The van der Waals surface area contributed by atoms with Gasteiger partial charge in [-0.15, -0.1) is 0 Å². The summed E-state index contributed by atoms with van der Waals surface area (Å²) < 4.78 is 5.71. The maximum Gasteiger partial charge on any atom is 0.267 e. The van der Waals surface area contributed by atoms with E-state index in [1.54, 1.807) is 19.1 Å². The first-order valence-electron chi connectivity index (χ1n) is 8.10. The van der Waals surface area contributed by atoms with Crippen molar-refractivity contribution >= 4 is 27.8 Å². The van der Waals surface area contributed by atoms with Crippen LogP contribution in [0.15, 0.2) is 65.1 Å². The lowest BCUT2D eigenvalue weighted by Gasteiger charge is -2.20. The number of H-pyrrole nitrogens is 1. The van der Waals surface area contributed by atoms with Crippen LogP contribution in [0.1, 0.15) is 23.2 Å². The molecule has 2 aromatic carbocycles. The first-order valence-corrected chi connectivity index (χ1v) is 8.10. The number of amides is 1. The summed E-state index contributed by atoms with van der Waals surface area (Å²) in [5.41, 5.74) is 0.763. The normalized spacial score (nSPS) is 13.8. The molecule has 5 nitrogen and oxygen atoms in total. The van der Waals surface area contributed by atoms with Crippen LogP contribution in [0.25, 0.3) is 21.9 Å². The van der Waals surface area contributed by atoms with Gasteiger partial charge in [-0.3, -0.25) is 4.79 Å². The van der Waals surface area contributed by atoms with Gasteiger partial charge in [-0.05, 0) is 31.2 Å². The van der Waals surface area contributed by atoms with Gasteiger partial charge in [0.1, 0.15) is 22.6 Å². The summed E-state index contributed by atoms with van der Waals surface area (Å²) >= 11 is 0. The molecule has 1 atom stereocenters. The van der Waals surface area contributed by atoms with Gasteiger partial charge in [0.2, 0.25) is 0 Å². The van der Waals surface area contributed by atoms with Gasteiger partial charge < -0.3 is 19.8 Å². The number of fused-ring (bicyclic) bond motifs is 2. The number of furan rings is 1. The van der Waals surface area contributed by atoms with Crippen molar-refractivity contribution in [3.63, 3.8) is 0 Å². The molecule has 0 radical (unpaired) electrons. The molecule has 2 heterocycles. The third-order valence-electron chi connectivity index (χ3n) is 4.32. The molecular weight excluding hydrogens is 316 g/mol. The Kier molecular flexibility index (Phi) is 3.58. The van der Waals surface area contributed by atoms with Crippen molar-refractivity contribution < 1.29 is 14.3 Å². The molecule has 0 bridgehead atoms. The summed E-state index contributed by atoms with van der Waals surface area (Å²) in [6, 6.07) is 18.8. The van der Waals surface area contributed by atoms with Crippen molar-refractivity contribution in [3.05, 3.63) is 72.1 Å². The minimum absolute atomic E-state index is 0.0427. The van der Waals surface area contributed by atoms with Crippen molar-refractivity contribution in [1.82, 2.24) is 10.3 Å². The Morgan fingerprint density at radius 3 is 2.60 bits per heavy atom. The fourth-order valence-corrected chi connectivity index (χ4v) is 2.88. The summed E-state index contributed by atoms with van der Waals surface area (Å²) in [5.74, 6) is 0.151. The molecule has 0 aliphatic heterocycles. The highest BCUT2D eigenvalue weighted by molar-refractivity contribution is 5.98. The maximum absolute atomic E-state index is 12.4. The van der Waals surface area contributed by atoms with Crippen molar-refractivity contribution in [1.29, 1.82) is 0 Å². The van der Waals surface area contributed by atoms with E-state index in [-0.39, 0.29) is 12.5 Å². The quantitative estimate of drug-likeness (QED) is 0.534. The number of aromatic amines is 1. The van der Waals surface area contributed by atoms with Gasteiger partial charge in [0, 0.05) is 16.3 Å². The van der Waals surface area contributed by atoms with Crippen molar-refractivity contribution in [2.45, 2.75) is 12.5 Å². The van der Waals surface area contributed by atoms with Crippen LogP contribution >= 0.6 is 0 Å². The maximum atomic E-state index is 12.4. The molecule has 5 heteroatoms. The molecule has 25 heavy (non-hydrogen) atoms. The number of aliphatic hydroxyl groups is 1. The first-order chi connectivity index (χ1) is 12.0. The lowest BCUT2D eigenvalue weighted by molar-refractivity contribution is 0.0344. The van der Waals surface area contributed by atoms with E-state index in [1.807, 2.05) is 48.5 Å². The second-order valence-electron chi connectivity index (χ2n) is 6.38. The van der Waals surface area contributed by atoms with Crippen molar-refractivity contribution in [2.75, 3.05) is 6.54 Å². The summed E-state index contributed by atoms with van der Waals surface area (Å²) in [5, 5.41) is 15.4. The smallest absolute Gasteiger partial charge is 0.267 e. The number of nitrogens with one attached hydrogen (secondary N) is 2. The summed E-state index contributed by atoms with van der Waals surface area (Å²) in [7, 11) is 0. The van der Waals surface area contributed by atoms with Gasteiger partial charge in [0.15, 0.2) is 0 Å². The second kappa shape index (κ2) is 5.79. The van der Waals surface area contributed by atoms with Crippen LogP contribution in [0.4, 0.5) is 0 Å². The van der Waals surface area contributed by atoms with Crippen LogP contribution < -0.4 is 5.32 Å². The van der Waals surface area contributed by atoms with E-state index in [1.165, 1.54) is 0 Å². The summed E-state index contributed by atoms with van der Waals surface area (Å²) in [4.78, 5) is 15.5. The van der Waals surface area contributed by atoms with Crippen molar-refractivity contribution in [2.24, 2.45) is 0 Å². The Morgan fingerprint density at radius 1 is 1.12 bits per heavy atom. The van der Waals surface area contributed by atoms with E-state index in [9.17, 15) is 9.90 Å². The van der Waals surface area contributed by atoms with Gasteiger partial charge >= 0.3 is 0 Å². The molecule has 0 aliphatic carbocycles. The molecule has 2 aromatic heterocycles. The lowest BCUT2D eigenvalue weighted by atomic mass is 10.0. The zero-order valence-electron chi connectivity index (χ0n) is 13.7. The minimum atomic E-state index is -1.30. The number of benzene rings is 2. The second-order valence-corrected chi connectivity index (χ2v) is 6.38. The Balaban J connectivity index is 1.51. The summed E-state index contributed by atoms with van der Waals surface area (Å²) in [6.07, 6.45) is 0. The van der Waals surface area contributed by atoms with Gasteiger partial charge in [0.25, 0.3) is 5.91 Å². The number of hydrogen-bond acceptors (Lipinski definition) is 3. The van der Waals surface area contributed by atoms with E-state index < -0.39 is 5.60 Å². The SMILES string of the molecule is CC(O)(CNC(=O)c1cc2ccccc2[nH]1)c1cc2ccccc2o1. The van der Waals surface area contributed by atoms with E-state index in [0.29, 0.717) is 17.0 Å². The molecule has 0 saturated carbocycles. The molecule has 0 saturated heterocycles. The molecule has 4 rings (SSSR count). The molecule has 126 valence electrons. The van der Waals surface area contributed by atoms with Gasteiger partial charge in [-0.1, -0.05) is 36.4 Å². The van der Waals surface area contributed by atoms with Crippen LogP contribution in [0.2, 0.25) is 0 Å². The number of aromatic nitrogens is 1. The van der Waals surface area contributed by atoms with Gasteiger partial charge in [0.05, 0.1) is 6.54 Å². The van der Waals surface area contributed by atoms with Crippen LogP contribution in [0, 0.1) is 0 Å². The summed E-state index contributed by atoms with van der Waals surface area (Å²) in [6.45, 7) is 1.66. The number of para-hydroxylation sites is 2. The molecule has 0 spiro atoms. The Bertz CT molecular complexity index is 993. The third kappa shape index (κ3) is 2.90. The predicted molar refractivity (Wildman–Crippen MR) is 96.4 cm³/mol. The zero-order valence-corrected chi connectivity index (χ0v) is 13.7. The Hall–Kier alpha value is -3.05. The van der Waals surface area contributed by atoms with E-state index in [4.69, 9.17) is 4.42 Å². The molecule has 1 unspecified atom stereocenters. The third-order valence-corrected chi connectivity index (χ3v) is 4.32. The highest BCUT2D eigenvalue weighted by atomic mass is 16.4. The minimum Gasteiger partial charge on any atom is -0.458 e. The largest absolute Gasteiger partial charge is 0.458 e. The highest BCUT2D eigenvalue weighted by Crippen LogP contribution is 2.27. The van der Waals surface area contributed by atoms with E-state index in [2.05, 4.69) is 10.3 Å². The van der Waals surface area contributed by atoms with Crippen molar-refractivity contribution in [3.8, 4) is 0 Å². The molecule has 3 N–H and O–H groups in total. The highest BCUT2D eigenvalue weighted by Gasteiger charge is 2.28. The fraction of sp³-hybridized carbons (Fsp3) is 0.150. The van der Waals surface area contributed by atoms with Gasteiger partial charge in [-0.25, -0.2) is 0 Å². The average molecular weight is 334 g/mol. The molecule has 1 amide bonds. The van der Waals surface area contributed by atoms with Crippen LogP contribution in [-0.4, -0.2) is 22.5 Å². The topological polar surface area (TPSA) is 78.3 Å².